The molecule has 1 aromatic rings. The number of carboxylic acids is 1. The minimum Gasteiger partial charge on any atom is -0.481 e. The minimum atomic E-state index is -1.01. The van der Waals surface area contributed by atoms with E-state index in [4.69, 9.17) is 9.84 Å². The lowest BCUT2D eigenvalue weighted by Crippen LogP contribution is -2.09. The largest absolute Gasteiger partial charge is 0.481 e. The summed E-state index contributed by atoms with van der Waals surface area (Å²) in [7, 11) is 1.36. The van der Waals surface area contributed by atoms with E-state index in [1.54, 1.807) is 12.1 Å². The van der Waals surface area contributed by atoms with Crippen molar-refractivity contribution in [1.29, 1.82) is 0 Å². The number of halogens is 1. The zero-order valence-corrected chi connectivity index (χ0v) is 7.74. The fraction of sp³-hybridized carbons (Fsp3) is 0.300. The highest BCUT2D eigenvalue weighted by Crippen LogP contribution is 2.22. The topological polar surface area (TPSA) is 46.5 Å². The Morgan fingerprint density at radius 1 is 1.57 bits per heavy atom. The highest BCUT2D eigenvalue weighted by molar-refractivity contribution is 5.67. The number of carbonyl (C=O) groups is 1. The van der Waals surface area contributed by atoms with Gasteiger partial charge in [0.2, 0.25) is 0 Å². The van der Waals surface area contributed by atoms with Crippen molar-refractivity contribution in [2.45, 2.75) is 12.5 Å². The van der Waals surface area contributed by atoms with E-state index in [2.05, 4.69) is 0 Å². The molecule has 0 radical (unpaired) electrons. The Hall–Kier alpha value is -1.42. The molecule has 0 saturated heterocycles. The van der Waals surface area contributed by atoms with Gasteiger partial charge in [-0.05, 0) is 6.07 Å². The van der Waals surface area contributed by atoms with Gasteiger partial charge in [0.1, 0.15) is 5.82 Å². The third kappa shape index (κ3) is 2.53. The first-order chi connectivity index (χ1) is 6.65. The summed E-state index contributed by atoms with van der Waals surface area (Å²) in [5, 5.41) is 8.56. The molecule has 1 N–H and O–H groups in total. The van der Waals surface area contributed by atoms with Crippen molar-refractivity contribution in [2.24, 2.45) is 0 Å². The van der Waals surface area contributed by atoms with Crippen LogP contribution in [0, 0.1) is 5.82 Å². The number of benzene rings is 1. The highest BCUT2D eigenvalue weighted by Gasteiger charge is 2.17. The zero-order chi connectivity index (χ0) is 10.6. The molecule has 0 saturated carbocycles. The maximum absolute atomic E-state index is 13.2. The van der Waals surface area contributed by atoms with E-state index in [0.29, 0.717) is 0 Å². The first-order valence-electron chi connectivity index (χ1n) is 4.14. The lowest BCUT2D eigenvalue weighted by Gasteiger charge is -2.13. The summed E-state index contributed by atoms with van der Waals surface area (Å²) in [5.41, 5.74) is 0.275. The van der Waals surface area contributed by atoms with Gasteiger partial charge in [-0.15, -0.1) is 0 Å². The molecule has 0 aromatic heterocycles. The molecule has 0 bridgehead atoms. The van der Waals surface area contributed by atoms with Crippen LogP contribution in [0.1, 0.15) is 18.1 Å². The average Bonchev–Trinajstić information content (AvgIpc) is 2.15. The molecular formula is C10H11FO3. The smallest absolute Gasteiger partial charge is 0.306 e. The SMILES string of the molecule is COC(CC(=O)O)c1ccccc1F. The Kier molecular flexibility index (Phi) is 3.59. The summed E-state index contributed by atoms with van der Waals surface area (Å²) >= 11 is 0. The maximum Gasteiger partial charge on any atom is 0.306 e. The number of aliphatic carboxylic acids is 1. The summed E-state index contributed by atoms with van der Waals surface area (Å²) < 4.78 is 18.1. The van der Waals surface area contributed by atoms with Gasteiger partial charge in [-0.25, -0.2) is 4.39 Å². The molecule has 1 aromatic carbocycles. The van der Waals surface area contributed by atoms with Crippen molar-refractivity contribution < 1.29 is 19.0 Å². The van der Waals surface area contributed by atoms with Crippen molar-refractivity contribution >= 4 is 5.97 Å². The molecule has 0 fully saturated rings. The van der Waals surface area contributed by atoms with E-state index < -0.39 is 17.9 Å². The number of methoxy groups -OCH3 is 1. The second-order valence-electron chi connectivity index (χ2n) is 2.84. The van der Waals surface area contributed by atoms with E-state index in [9.17, 15) is 9.18 Å². The quantitative estimate of drug-likeness (QED) is 0.804. The van der Waals surface area contributed by atoms with E-state index in [0.717, 1.165) is 0 Å². The molecule has 0 amide bonds. The van der Waals surface area contributed by atoms with Crippen LogP contribution >= 0.6 is 0 Å². The number of rotatable bonds is 4. The van der Waals surface area contributed by atoms with Gasteiger partial charge < -0.3 is 9.84 Å². The van der Waals surface area contributed by atoms with Crippen LogP contribution in [0.5, 0.6) is 0 Å². The fourth-order valence-corrected chi connectivity index (χ4v) is 1.22. The van der Waals surface area contributed by atoms with E-state index in [1.807, 2.05) is 0 Å². The van der Waals surface area contributed by atoms with Crippen LogP contribution in [-0.4, -0.2) is 18.2 Å². The Balaban J connectivity index is 2.89. The van der Waals surface area contributed by atoms with Crippen molar-refractivity contribution in [3.8, 4) is 0 Å². The van der Waals surface area contributed by atoms with Crippen molar-refractivity contribution in [1.82, 2.24) is 0 Å². The van der Waals surface area contributed by atoms with Gasteiger partial charge in [-0.1, -0.05) is 18.2 Å². The van der Waals surface area contributed by atoms with Crippen LogP contribution in [-0.2, 0) is 9.53 Å². The molecule has 0 heterocycles. The van der Waals surface area contributed by atoms with Gasteiger partial charge in [-0.3, -0.25) is 4.79 Å². The third-order valence-corrected chi connectivity index (χ3v) is 1.90. The molecular weight excluding hydrogens is 187 g/mol. The minimum absolute atomic E-state index is 0.239. The van der Waals surface area contributed by atoms with Crippen molar-refractivity contribution in [3.05, 3.63) is 35.6 Å². The molecule has 4 heteroatoms. The lowest BCUT2D eigenvalue weighted by atomic mass is 10.1. The summed E-state index contributed by atoms with van der Waals surface area (Å²) in [4.78, 5) is 10.5. The fourth-order valence-electron chi connectivity index (χ4n) is 1.22. The highest BCUT2D eigenvalue weighted by atomic mass is 19.1. The van der Waals surface area contributed by atoms with Crippen molar-refractivity contribution in [2.75, 3.05) is 7.11 Å². The molecule has 1 atom stereocenters. The van der Waals surface area contributed by atoms with Gasteiger partial charge in [0.05, 0.1) is 12.5 Å². The molecule has 0 aliphatic heterocycles. The molecule has 1 rings (SSSR count). The summed E-state index contributed by atoms with van der Waals surface area (Å²) in [6.45, 7) is 0. The second kappa shape index (κ2) is 4.72. The summed E-state index contributed by atoms with van der Waals surface area (Å²) in [6, 6.07) is 5.99. The zero-order valence-electron chi connectivity index (χ0n) is 7.74. The molecule has 76 valence electrons. The van der Waals surface area contributed by atoms with Gasteiger partial charge in [0, 0.05) is 12.7 Å². The molecule has 14 heavy (non-hydrogen) atoms. The molecule has 0 aliphatic carbocycles. The standard InChI is InChI=1S/C10H11FO3/c1-14-9(6-10(12)13)7-4-2-3-5-8(7)11/h2-5,9H,6H2,1H3,(H,12,13). The van der Waals surface area contributed by atoms with Gasteiger partial charge in [0.15, 0.2) is 0 Å². The van der Waals surface area contributed by atoms with Gasteiger partial charge in [0.25, 0.3) is 0 Å². The molecule has 1 unspecified atom stereocenters. The average molecular weight is 198 g/mol. The third-order valence-electron chi connectivity index (χ3n) is 1.90. The lowest BCUT2D eigenvalue weighted by molar-refractivity contribution is -0.139. The first kappa shape index (κ1) is 10.7. The van der Waals surface area contributed by atoms with Crippen LogP contribution in [0.3, 0.4) is 0 Å². The number of ether oxygens (including phenoxy) is 1. The maximum atomic E-state index is 13.2. The number of hydrogen-bond donors (Lipinski definition) is 1. The van der Waals surface area contributed by atoms with Gasteiger partial charge in [-0.2, -0.15) is 0 Å². The van der Waals surface area contributed by atoms with Crippen molar-refractivity contribution in [3.63, 3.8) is 0 Å². The van der Waals surface area contributed by atoms with Gasteiger partial charge >= 0.3 is 5.97 Å². The van der Waals surface area contributed by atoms with Crippen LogP contribution in [0.4, 0.5) is 4.39 Å². The van der Waals surface area contributed by atoms with Crippen LogP contribution in [0.2, 0.25) is 0 Å². The Morgan fingerprint density at radius 3 is 2.71 bits per heavy atom. The van der Waals surface area contributed by atoms with Crippen LogP contribution in [0.25, 0.3) is 0 Å². The molecule has 0 spiro atoms. The van der Waals surface area contributed by atoms with Crippen LogP contribution < -0.4 is 0 Å². The number of carboxylic acid groups (broad SMARTS) is 1. The second-order valence-corrected chi connectivity index (χ2v) is 2.84. The first-order valence-corrected chi connectivity index (χ1v) is 4.14. The molecule has 0 aliphatic rings. The Labute approximate surface area is 81.1 Å². The number of hydrogen-bond acceptors (Lipinski definition) is 2. The Morgan fingerprint density at radius 2 is 2.21 bits per heavy atom. The van der Waals surface area contributed by atoms with E-state index >= 15 is 0 Å². The van der Waals surface area contributed by atoms with Crippen LogP contribution in [0.15, 0.2) is 24.3 Å². The predicted octanol–water partition coefficient (Wildman–Crippen LogP) is 1.99. The molecule has 3 nitrogen and oxygen atoms in total. The summed E-state index contributed by atoms with van der Waals surface area (Å²) in [6.07, 6.45) is -0.967. The monoisotopic (exact) mass is 198 g/mol. The van der Waals surface area contributed by atoms with E-state index in [1.165, 1.54) is 19.2 Å². The Bertz CT molecular complexity index is 325. The normalized spacial score (nSPS) is 12.4. The summed E-state index contributed by atoms with van der Waals surface area (Å²) in [5.74, 6) is -1.46. The predicted molar refractivity (Wildman–Crippen MR) is 48.4 cm³/mol. The van der Waals surface area contributed by atoms with E-state index in [-0.39, 0.29) is 12.0 Å².